The second-order valence-electron chi connectivity index (χ2n) is 17.9. The van der Waals surface area contributed by atoms with E-state index in [0.29, 0.717) is 19.3 Å². The van der Waals surface area contributed by atoms with E-state index in [0.717, 1.165) is 69.6 Å². The van der Waals surface area contributed by atoms with Gasteiger partial charge in [-0.15, -0.1) is 0 Å². The Morgan fingerprint density at radius 3 is 0.912 bits per heavy atom. The minimum absolute atomic E-state index is 0.0648. The van der Waals surface area contributed by atoms with Crippen molar-refractivity contribution in [2.24, 2.45) is 11.8 Å². The molecule has 0 N–H and O–H groups in total. The maximum atomic E-state index is 12.7. The van der Waals surface area contributed by atoms with E-state index < -0.39 is 6.10 Å². The van der Waals surface area contributed by atoms with Gasteiger partial charge in [-0.25, -0.2) is 0 Å². The van der Waals surface area contributed by atoms with E-state index in [-0.39, 0.29) is 31.1 Å². The van der Waals surface area contributed by atoms with Gasteiger partial charge in [0.25, 0.3) is 0 Å². The number of hydrogen-bond acceptors (Lipinski definition) is 6. The fraction of sp³-hybridized carbons (Fsp3) is 0.941. The van der Waals surface area contributed by atoms with Gasteiger partial charge in [0.05, 0.1) is 0 Å². The van der Waals surface area contributed by atoms with E-state index in [1.807, 2.05) is 0 Å². The van der Waals surface area contributed by atoms with Gasteiger partial charge in [0, 0.05) is 19.3 Å². The summed E-state index contributed by atoms with van der Waals surface area (Å²) in [7, 11) is 0. The number of hydrogen-bond donors (Lipinski definition) is 0. The zero-order chi connectivity index (χ0) is 41.9. The molecule has 6 heteroatoms. The molecule has 0 radical (unpaired) electrons. The van der Waals surface area contributed by atoms with Crippen molar-refractivity contribution in [3.8, 4) is 0 Å². The predicted molar refractivity (Wildman–Crippen MR) is 243 cm³/mol. The number of rotatable bonds is 45. The standard InChI is InChI=1S/C51H98O6/c1-6-9-10-11-12-13-18-22-25-31-36-41-49(52)55-44-48(57-51(54)43-38-33-28-27-30-35-40-47(5)8-3)45-56-50(53)42-37-32-26-23-20-17-15-14-16-19-21-24-29-34-39-46(4)7-2/h46-48H,6-45H2,1-5H3/t46?,47?,48-/m1/s1. The third kappa shape index (κ3) is 42.3. The highest BCUT2D eigenvalue weighted by Crippen LogP contribution is 2.18. The first-order valence-electron chi connectivity index (χ1n) is 25.3. The topological polar surface area (TPSA) is 78.9 Å². The Bertz CT molecular complexity index is 874. The molecule has 3 atom stereocenters. The Morgan fingerprint density at radius 1 is 0.351 bits per heavy atom. The van der Waals surface area contributed by atoms with Gasteiger partial charge >= 0.3 is 17.9 Å². The molecule has 0 aliphatic heterocycles. The fourth-order valence-corrected chi connectivity index (χ4v) is 7.57. The molecule has 0 saturated heterocycles. The highest BCUT2D eigenvalue weighted by Gasteiger charge is 2.19. The second kappa shape index (κ2) is 44.0. The zero-order valence-corrected chi connectivity index (χ0v) is 39.0. The average Bonchev–Trinajstić information content (AvgIpc) is 3.21. The Labute approximate surface area is 355 Å². The van der Waals surface area contributed by atoms with Gasteiger partial charge in [-0.05, 0) is 31.1 Å². The normalized spacial score (nSPS) is 13.0. The van der Waals surface area contributed by atoms with Crippen LogP contribution < -0.4 is 0 Å². The fourth-order valence-electron chi connectivity index (χ4n) is 7.57. The van der Waals surface area contributed by atoms with Crippen molar-refractivity contribution in [3.63, 3.8) is 0 Å². The first kappa shape index (κ1) is 55.4. The van der Waals surface area contributed by atoms with Crippen LogP contribution in [-0.4, -0.2) is 37.2 Å². The molecule has 0 aliphatic carbocycles. The lowest BCUT2D eigenvalue weighted by Crippen LogP contribution is -2.30. The van der Waals surface area contributed by atoms with Crippen LogP contribution in [-0.2, 0) is 28.6 Å². The number of unbranched alkanes of at least 4 members (excludes halogenated alkanes) is 28. The quantitative estimate of drug-likeness (QED) is 0.0346. The summed E-state index contributed by atoms with van der Waals surface area (Å²) in [5, 5.41) is 0. The summed E-state index contributed by atoms with van der Waals surface area (Å²) in [6.45, 7) is 11.4. The molecule has 0 heterocycles. The van der Waals surface area contributed by atoms with Crippen molar-refractivity contribution in [2.75, 3.05) is 13.2 Å². The van der Waals surface area contributed by atoms with Crippen molar-refractivity contribution in [2.45, 2.75) is 285 Å². The highest BCUT2D eigenvalue weighted by atomic mass is 16.6. The van der Waals surface area contributed by atoms with Crippen molar-refractivity contribution in [1.82, 2.24) is 0 Å². The van der Waals surface area contributed by atoms with Crippen LogP contribution >= 0.6 is 0 Å². The molecule has 0 rings (SSSR count). The summed E-state index contributed by atoms with van der Waals surface area (Å²) < 4.78 is 16.8. The van der Waals surface area contributed by atoms with E-state index in [4.69, 9.17) is 14.2 Å². The molecule has 338 valence electrons. The maximum absolute atomic E-state index is 12.7. The minimum Gasteiger partial charge on any atom is -0.462 e. The van der Waals surface area contributed by atoms with Crippen LogP contribution in [0.4, 0.5) is 0 Å². The smallest absolute Gasteiger partial charge is 0.306 e. The number of carbonyl (C=O) groups excluding carboxylic acids is 3. The van der Waals surface area contributed by atoms with Gasteiger partial charge in [0.1, 0.15) is 13.2 Å². The lowest BCUT2D eigenvalue weighted by atomic mass is 9.99. The van der Waals surface area contributed by atoms with Gasteiger partial charge in [-0.2, -0.15) is 0 Å². The molecule has 2 unspecified atom stereocenters. The van der Waals surface area contributed by atoms with E-state index in [9.17, 15) is 14.4 Å². The van der Waals surface area contributed by atoms with Crippen molar-refractivity contribution in [3.05, 3.63) is 0 Å². The van der Waals surface area contributed by atoms with Crippen LogP contribution in [0.2, 0.25) is 0 Å². The Balaban J connectivity index is 4.25. The Morgan fingerprint density at radius 2 is 0.614 bits per heavy atom. The summed E-state index contributed by atoms with van der Waals surface area (Å²) in [6.07, 6.45) is 43.7. The van der Waals surface area contributed by atoms with E-state index in [1.54, 1.807) is 0 Å². The summed E-state index contributed by atoms with van der Waals surface area (Å²) in [5.41, 5.74) is 0. The molecule has 0 fully saturated rings. The summed E-state index contributed by atoms with van der Waals surface area (Å²) in [4.78, 5) is 37.8. The molecule has 0 bridgehead atoms. The van der Waals surface area contributed by atoms with E-state index in [1.165, 1.54) is 167 Å². The summed E-state index contributed by atoms with van der Waals surface area (Å²) in [6, 6.07) is 0. The molecule has 0 aromatic rings. The molecule has 0 aromatic heterocycles. The maximum Gasteiger partial charge on any atom is 0.306 e. The molecule has 0 aromatic carbocycles. The summed E-state index contributed by atoms with van der Waals surface area (Å²) in [5.74, 6) is 0.852. The van der Waals surface area contributed by atoms with Gasteiger partial charge in [0.2, 0.25) is 0 Å². The molecule has 57 heavy (non-hydrogen) atoms. The highest BCUT2D eigenvalue weighted by molar-refractivity contribution is 5.71. The first-order valence-corrected chi connectivity index (χ1v) is 25.3. The lowest BCUT2D eigenvalue weighted by molar-refractivity contribution is -0.167. The molecule has 0 spiro atoms. The van der Waals surface area contributed by atoms with Crippen LogP contribution in [0.5, 0.6) is 0 Å². The van der Waals surface area contributed by atoms with Gasteiger partial charge < -0.3 is 14.2 Å². The van der Waals surface area contributed by atoms with E-state index >= 15 is 0 Å². The third-order valence-electron chi connectivity index (χ3n) is 12.2. The van der Waals surface area contributed by atoms with Crippen LogP contribution in [0, 0.1) is 11.8 Å². The van der Waals surface area contributed by atoms with Gasteiger partial charge in [-0.1, -0.05) is 240 Å². The molecule has 0 saturated carbocycles. The van der Waals surface area contributed by atoms with E-state index in [2.05, 4.69) is 34.6 Å². The molecule has 6 nitrogen and oxygen atoms in total. The predicted octanol–water partition coefficient (Wildman–Crippen LogP) is 16.1. The van der Waals surface area contributed by atoms with Gasteiger partial charge in [0.15, 0.2) is 6.10 Å². The molecular formula is C51H98O6. The largest absolute Gasteiger partial charge is 0.462 e. The minimum atomic E-state index is -0.761. The van der Waals surface area contributed by atoms with Crippen molar-refractivity contribution >= 4 is 17.9 Å². The SMILES string of the molecule is CCCCCCCCCCCCCC(=O)OC[C@H](COC(=O)CCCCCCCCCCCCCCCCC(C)CC)OC(=O)CCCCCCCCC(C)CC. The third-order valence-corrected chi connectivity index (χ3v) is 12.2. The number of esters is 3. The zero-order valence-electron chi connectivity index (χ0n) is 39.0. The Kier molecular flexibility index (Phi) is 42.7. The lowest BCUT2D eigenvalue weighted by Gasteiger charge is -2.18. The molecule has 0 amide bonds. The number of ether oxygens (including phenoxy) is 3. The Hall–Kier alpha value is -1.59. The number of carbonyl (C=O) groups is 3. The second-order valence-corrected chi connectivity index (χ2v) is 17.9. The van der Waals surface area contributed by atoms with Crippen LogP contribution in [0.1, 0.15) is 279 Å². The van der Waals surface area contributed by atoms with Crippen molar-refractivity contribution < 1.29 is 28.6 Å². The van der Waals surface area contributed by atoms with Crippen LogP contribution in [0.3, 0.4) is 0 Å². The van der Waals surface area contributed by atoms with Crippen LogP contribution in [0.15, 0.2) is 0 Å². The molecular weight excluding hydrogens is 709 g/mol. The van der Waals surface area contributed by atoms with Crippen molar-refractivity contribution in [1.29, 1.82) is 0 Å². The first-order chi connectivity index (χ1) is 27.8. The monoisotopic (exact) mass is 807 g/mol. The molecule has 0 aliphatic rings. The van der Waals surface area contributed by atoms with Crippen LogP contribution in [0.25, 0.3) is 0 Å². The summed E-state index contributed by atoms with van der Waals surface area (Å²) >= 11 is 0. The van der Waals surface area contributed by atoms with Gasteiger partial charge in [-0.3, -0.25) is 14.4 Å². The average molecular weight is 807 g/mol.